The van der Waals surface area contributed by atoms with Crippen LogP contribution in [0.1, 0.15) is 229 Å². The molecule has 0 aromatic carbocycles. The van der Waals surface area contributed by atoms with Gasteiger partial charge >= 0.3 is 0 Å². The Labute approximate surface area is 449 Å². The first kappa shape index (κ1) is 68.9. The first-order chi connectivity index (χ1) is 34.1. The van der Waals surface area contributed by atoms with E-state index in [1.54, 1.807) is 11.1 Å². The molecule has 0 radical (unpaired) electrons. The van der Waals surface area contributed by atoms with Crippen LogP contribution in [-0.2, 0) is 37.9 Å². The fourth-order valence-corrected chi connectivity index (χ4v) is 8.83. The van der Waals surface area contributed by atoms with E-state index in [1.807, 2.05) is 27.7 Å². The molecule has 0 bridgehead atoms. The zero-order valence-electron chi connectivity index (χ0n) is 50.8. The van der Waals surface area contributed by atoms with Crippen molar-refractivity contribution in [2.24, 2.45) is 59.2 Å². The van der Waals surface area contributed by atoms with Gasteiger partial charge in [-0.25, -0.2) is 0 Å². The standard InChI is InChI=1S/C8H16.3C8H14.2C7H14O.3C6H12O2.H2/c4*1-7-3-5-8(2)6-4-7;2*1-6-3-4-7(2)8-5-6;1-5-3-8-6(2)4-7-5;2*1-5-3-7-6(2)8-4-5;/h7-8H,3-6H2,1-2H3;2*3,8H,4-6H2,1-2H3;3,5,7-8H,4,6H2,1-2H3;2*6-7H,3-5H2,1-2H3;3*5-6H,3-4H2,1-2H3;1H. The Bertz CT molecular complexity index is 1070. The lowest BCUT2D eigenvalue weighted by Gasteiger charge is -2.24. The Balaban J connectivity index is 0.000000798. The average molecular weight is 1020 g/mol. The molecule has 0 aromatic heterocycles. The Hall–Kier alpha value is -1.10. The van der Waals surface area contributed by atoms with Crippen molar-refractivity contribution in [1.29, 1.82) is 0 Å². The second-order valence-corrected chi connectivity index (χ2v) is 24.8. The van der Waals surface area contributed by atoms with Gasteiger partial charge in [-0.15, -0.1) is 0 Å². The van der Waals surface area contributed by atoms with Crippen LogP contribution in [0, 0.1) is 59.2 Å². The van der Waals surface area contributed by atoms with Crippen molar-refractivity contribution in [1.82, 2.24) is 0 Å². The minimum Gasteiger partial charge on any atom is -0.378 e. The van der Waals surface area contributed by atoms with Crippen molar-refractivity contribution in [3.05, 3.63) is 35.5 Å². The molecule has 9 rings (SSSR count). The molecule has 10 atom stereocenters. The summed E-state index contributed by atoms with van der Waals surface area (Å²) >= 11 is 0. The van der Waals surface area contributed by atoms with Crippen LogP contribution >= 0.6 is 0 Å². The van der Waals surface area contributed by atoms with Gasteiger partial charge in [0.1, 0.15) is 0 Å². The number of rotatable bonds is 0. The molecule has 10 unspecified atom stereocenters. The molecule has 5 saturated heterocycles. The number of hydrogen-bond acceptors (Lipinski definition) is 8. The summed E-state index contributed by atoms with van der Waals surface area (Å²) in [6.07, 6.45) is 33.0. The third-order valence-corrected chi connectivity index (χ3v) is 15.1. The van der Waals surface area contributed by atoms with Gasteiger partial charge in [-0.05, 0) is 180 Å². The molecule has 4 aliphatic carbocycles. The van der Waals surface area contributed by atoms with E-state index in [9.17, 15) is 0 Å². The molecule has 0 spiro atoms. The van der Waals surface area contributed by atoms with E-state index in [1.165, 1.54) is 103 Å². The molecule has 5 heterocycles. The van der Waals surface area contributed by atoms with Gasteiger partial charge in [-0.2, -0.15) is 0 Å². The predicted octanol–water partition coefficient (Wildman–Crippen LogP) is 17.7. The van der Waals surface area contributed by atoms with Crippen LogP contribution in [0.15, 0.2) is 35.5 Å². The van der Waals surface area contributed by atoms with E-state index in [0.717, 1.165) is 100 Å². The highest BCUT2D eigenvalue weighted by Crippen LogP contribution is 2.27. The van der Waals surface area contributed by atoms with Crippen molar-refractivity contribution < 1.29 is 39.3 Å². The zero-order valence-corrected chi connectivity index (χ0v) is 50.8. The summed E-state index contributed by atoms with van der Waals surface area (Å²) in [4.78, 5) is 0. The molecule has 428 valence electrons. The van der Waals surface area contributed by atoms with E-state index in [2.05, 4.69) is 121 Å². The van der Waals surface area contributed by atoms with E-state index >= 15 is 0 Å². The maximum Gasteiger partial charge on any atom is 0.154 e. The molecular formula is C64H124O8. The van der Waals surface area contributed by atoms with Gasteiger partial charge < -0.3 is 37.9 Å². The first-order valence-electron chi connectivity index (χ1n) is 30.0. The van der Waals surface area contributed by atoms with E-state index in [-0.39, 0.29) is 14.0 Å². The predicted molar refractivity (Wildman–Crippen MR) is 309 cm³/mol. The lowest BCUT2D eigenvalue weighted by Crippen LogP contribution is -2.31. The number of allylic oxidation sites excluding steroid dienone is 6. The molecule has 0 aromatic rings. The fourth-order valence-electron chi connectivity index (χ4n) is 8.83. The van der Waals surface area contributed by atoms with E-state index in [0.29, 0.717) is 36.3 Å². The summed E-state index contributed by atoms with van der Waals surface area (Å²) in [5.74, 6) is 8.35. The molecule has 0 amide bonds. The van der Waals surface area contributed by atoms with Crippen LogP contribution in [0.3, 0.4) is 0 Å². The Morgan fingerprint density at radius 1 is 0.292 bits per heavy atom. The van der Waals surface area contributed by atoms with Crippen LogP contribution in [0.25, 0.3) is 0 Å². The van der Waals surface area contributed by atoms with Crippen LogP contribution in [0.4, 0.5) is 0 Å². The number of hydrogen-bond donors (Lipinski definition) is 0. The summed E-state index contributed by atoms with van der Waals surface area (Å²) in [6.45, 7) is 46.1. The summed E-state index contributed by atoms with van der Waals surface area (Å²) in [7, 11) is 0. The van der Waals surface area contributed by atoms with Crippen LogP contribution in [0.2, 0.25) is 0 Å². The lowest BCUT2D eigenvalue weighted by molar-refractivity contribution is -0.187. The molecule has 0 N–H and O–H groups in total. The van der Waals surface area contributed by atoms with Crippen molar-refractivity contribution in [2.75, 3.05) is 52.9 Å². The normalized spacial score (nSPS) is 37.3. The van der Waals surface area contributed by atoms with Gasteiger partial charge in [-0.3, -0.25) is 0 Å². The third kappa shape index (κ3) is 40.2. The van der Waals surface area contributed by atoms with E-state index in [4.69, 9.17) is 37.9 Å². The summed E-state index contributed by atoms with van der Waals surface area (Å²) in [6, 6.07) is 0. The molecule has 8 nitrogen and oxygen atoms in total. The van der Waals surface area contributed by atoms with Gasteiger partial charge in [0.15, 0.2) is 12.6 Å². The maximum atomic E-state index is 5.39. The minimum atomic E-state index is 0. The molecule has 1 saturated carbocycles. The molecule has 6 fully saturated rings. The summed E-state index contributed by atoms with van der Waals surface area (Å²) in [5.41, 5.74) is 3.17. The van der Waals surface area contributed by atoms with Crippen molar-refractivity contribution in [3.63, 3.8) is 0 Å². The smallest absolute Gasteiger partial charge is 0.154 e. The highest BCUT2D eigenvalue weighted by atomic mass is 16.7. The third-order valence-electron chi connectivity index (χ3n) is 15.1. The van der Waals surface area contributed by atoms with Gasteiger partial charge in [0, 0.05) is 26.5 Å². The molecule has 5 aliphatic heterocycles. The van der Waals surface area contributed by atoms with Gasteiger partial charge in [0.2, 0.25) is 0 Å². The van der Waals surface area contributed by atoms with Gasteiger partial charge in [0.25, 0.3) is 0 Å². The minimum absolute atomic E-state index is 0. The van der Waals surface area contributed by atoms with Crippen molar-refractivity contribution in [3.8, 4) is 0 Å². The Morgan fingerprint density at radius 2 is 0.583 bits per heavy atom. The Morgan fingerprint density at radius 3 is 0.792 bits per heavy atom. The van der Waals surface area contributed by atoms with Crippen molar-refractivity contribution in [2.45, 2.75) is 264 Å². The second-order valence-electron chi connectivity index (χ2n) is 24.8. The van der Waals surface area contributed by atoms with Crippen molar-refractivity contribution >= 4 is 0 Å². The maximum absolute atomic E-state index is 5.39. The van der Waals surface area contributed by atoms with Crippen LogP contribution in [0.5, 0.6) is 0 Å². The fraction of sp³-hybridized carbons (Fsp3) is 0.906. The largest absolute Gasteiger partial charge is 0.378 e. The number of ether oxygens (including phenoxy) is 8. The molecule has 72 heavy (non-hydrogen) atoms. The first-order valence-corrected chi connectivity index (χ1v) is 30.0. The SMILES string of the molecule is CC1=CCC(C)CC1.CC1=CCC(C)CC1.CC1C=CC(C)CC1.CC1CCC(C)CC1.CC1CCC(C)OC1.CC1CCC(C)OC1.CC1COC(C)CO1.CC1COC(C)OC1.CC1COC(C)OC1.[HH]. The van der Waals surface area contributed by atoms with Gasteiger partial charge in [0.05, 0.1) is 64.1 Å². The highest BCUT2D eigenvalue weighted by molar-refractivity contribution is 5.02. The van der Waals surface area contributed by atoms with Crippen LogP contribution < -0.4 is 0 Å². The van der Waals surface area contributed by atoms with Crippen LogP contribution in [-0.4, -0.2) is 89.9 Å². The molecule has 9 aliphatic rings. The quantitative estimate of drug-likeness (QED) is 0.222. The topological polar surface area (TPSA) is 73.8 Å². The molecular weight excluding hydrogens is 897 g/mol. The monoisotopic (exact) mass is 1020 g/mol. The second kappa shape index (κ2) is 42.0. The average Bonchev–Trinajstić information content (AvgIpc) is 3.36. The van der Waals surface area contributed by atoms with E-state index < -0.39 is 0 Å². The zero-order chi connectivity index (χ0) is 53.8. The van der Waals surface area contributed by atoms with Gasteiger partial charge in [-0.1, -0.05) is 130 Å². The summed E-state index contributed by atoms with van der Waals surface area (Å²) < 4.78 is 42.0. The highest BCUT2D eigenvalue weighted by Gasteiger charge is 2.18. The molecule has 8 heteroatoms. The lowest BCUT2D eigenvalue weighted by atomic mass is 9.84. The summed E-state index contributed by atoms with van der Waals surface area (Å²) in [5, 5.41) is 0. The Kier molecular flexibility index (Phi) is 40.2.